The van der Waals surface area contributed by atoms with E-state index in [0.29, 0.717) is 30.8 Å². The Morgan fingerprint density at radius 1 is 1.42 bits per heavy atom. The fourth-order valence-corrected chi connectivity index (χ4v) is 3.47. The lowest BCUT2D eigenvalue weighted by atomic mass is 10.1. The van der Waals surface area contributed by atoms with Gasteiger partial charge in [-0.25, -0.2) is 0 Å². The van der Waals surface area contributed by atoms with Gasteiger partial charge in [0.15, 0.2) is 0 Å². The van der Waals surface area contributed by atoms with E-state index in [0.717, 1.165) is 24.9 Å². The Kier molecular flexibility index (Phi) is 5.89. The fourth-order valence-electron chi connectivity index (χ4n) is 3.28. The third-order valence-electron chi connectivity index (χ3n) is 4.44. The summed E-state index contributed by atoms with van der Waals surface area (Å²) in [5.41, 5.74) is 2.17. The normalized spacial score (nSPS) is 19.7. The van der Waals surface area contributed by atoms with Gasteiger partial charge in [0, 0.05) is 36.4 Å². The number of aliphatic hydroxyl groups is 1. The second-order valence-corrected chi connectivity index (χ2v) is 6.77. The number of likely N-dealkylation sites (tertiary alicyclic amines) is 1. The summed E-state index contributed by atoms with van der Waals surface area (Å²) >= 11 is 6.11. The van der Waals surface area contributed by atoms with Crippen molar-refractivity contribution in [1.82, 2.24) is 14.7 Å². The summed E-state index contributed by atoms with van der Waals surface area (Å²) in [5.74, 6) is 0. The highest BCUT2D eigenvalue weighted by Gasteiger charge is 2.28. The van der Waals surface area contributed by atoms with Crippen LogP contribution in [0.15, 0.2) is 36.7 Å². The molecule has 3 rings (SSSR count). The first-order chi connectivity index (χ1) is 11.6. The van der Waals surface area contributed by atoms with Crippen LogP contribution >= 0.6 is 11.6 Å². The molecule has 1 saturated heterocycles. The van der Waals surface area contributed by atoms with E-state index >= 15 is 0 Å². The first-order valence-electron chi connectivity index (χ1n) is 8.35. The van der Waals surface area contributed by atoms with Gasteiger partial charge in [0.25, 0.3) is 0 Å². The summed E-state index contributed by atoms with van der Waals surface area (Å²) in [6, 6.07) is 7.96. The van der Waals surface area contributed by atoms with Gasteiger partial charge in [0.1, 0.15) is 0 Å². The van der Waals surface area contributed by atoms with Crippen LogP contribution in [-0.2, 0) is 18.4 Å². The molecule has 6 heteroatoms. The van der Waals surface area contributed by atoms with Crippen molar-refractivity contribution in [2.45, 2.75) is 31.6 Å². The molecule has 1 aliphatic rings. The van der Waals surface area contributed by atoms with Crippen LogP contribution in [0.4, 0.5) is 0 Å². The average molecular weight is 350 g/mol. The van der Waals surface area contributed by atoms with E-state index in [1.165, 1.54) is 5.56 Å². The van der Waals surface area contributed by atoms with Crippen molar-refractivity contribution in [3.05, 3.63) is 52.8 Å². The molecule has 0 unspecified atom stereocenters. The van der Waals surface area contributed by atoms with Crippen LogP contribution in [0, 0.1) is 0 Å². The smallest absolute Gasteiger partial charge is 0.0900 e. The Labute approximate surface area is 147 Å². The third kappa shape index (κ3) is 4.36. The topological polar surface area (TPSA) is 50.5 Å². The van der Waals surface area contributed by atoms with Crippen molar-refractivity contribution in [3.8, 4) is 0 Å². The molecule has 2 aromatic rings. The molecule has 5 nitrogen and oxygen atoms in total. The number of aromatic nitrogens is 2. The summed E-state index contributed by atoms with van der Waals surface area (Å²) in [6.07, 6.45) is 5.72. The molecule has 0 amide bonds. The first-order valence-corrected chi connectivity index (χ1v) is 8.73. The van der Waals surface area contributed by atoms with Gasteiger partial charge in [-0.05, 0) is 31.0 Å². The molecule has 1 fully saturated rings. The van der Waals surface area contributed by atoms with Gasteiger partial charge >= 0.3 is 0 Å². The van der Waals surface area contributed by atoms with Gasteiger partial charge in [-0.2, -0.15) is 5.10 Å². The van der Waals surface area contributed by atoms with Gasteiger partial charge in [-0.15, -0.1) is 0 Å². The van der Waals surface area contributed by atoms with Crippen LogP contribution in [0.25, 0.3) is 0 Å². The lowest BCUT2D eigenvalue weighted by molar-refractivity contribution is 0.00773. The average Bonchev–Trinajstić information content (AvgIpc) is 3.18. The first kappa shape index (κ1) is 17.4. The minimum absolute atomic E-state index is 0.307. The molecule has 0 saturated carbocycles. The molecule has 0 radical (unpaired) electrons. The molecule has 0 bridgehead atoms. The van der Waals surface area contributed by atoms with Crippen molar-refractivity contribution in [2.75, 3.05) is 19.7 Å². The van der Waals surface area contributed by atoms with Gasteiger partial charge < -0.3 is 9.84 Å². The lowest BCUT2D eigenvalue weighted by Crippen LogP contribution is -2.34. The van der Waals surface area contributed by atoms with E-state index in [-0.39, 0.29) is 0 Å². The predicted octanol–water partition coefficient (Wildman–Crippen LogP) is 2.79. The van der Waals surface area contributed by atoms with E-state index in [4.69, 9.17) is 16.3 Å². The number of β-amino-alcohol motifs (C(OH)–C–C–N with tert-alkyl or cyclic N) is 1. The van der Waals surface area contributed by atoms with Crippen molar-refractivity contribution >= 4 is 11.6 Å². The van der Waals surface area contributed by atoms with Gasteiger partial charge in [0.05, 0.1) is 25.5 Å². The fraction of sp³-hybridized carbons (Fsp3) is 0.500. The molecular formula is C18H24ClN3O2. The van der Waals surface area contributed by atoms with E-state index < -0.39 is 6.10 Å². The number of aryl methyl sites for hydroxylation is 1. The summed E-state index contributed by atoms with van der Waals surface area (Å²) in [4.78, 5) is 2.32. The van der Waals surface area contributed by atoms with E-state index in [2.05, 4.69) is 16.2 Å². The number of hydrogen-bond acceptors (Lipinski definition) is 4. The van der Waals surface area contributed by atoms with Crippen molar-refractivity contribution in [2.24, 2.45) is 7.05 Å². The molecule has 1 aromatic heterocycles. The second kappa shape index (κ2) is 8.12. The number of nitrogens with zero attached hydrogens (tertiary/aromatic N) is 3. The third-order valence-corrected chi connectivity index (χ3v) is 4.81. The maximum absolute atomic E-state index is 10.3. The maximum Gasteiger partial charge on any atom is 0.0900 e. The van der Waals surface area contributed by atoms with Crippen LogP contribution < -0.4 is 0 Å². The van der Waals surface area contributed by atoms with Gasteiger partial charge in [-0.1, -0.05) is 29.8 Å². The number of ether oxygens (including phenoxy) is 1. The number of hydrogen-bond donors (Lipinski definition) is 1. The number of benzene rings is 1. The van der Waals surface area contributed by atoms with Crippen LogP contribution in [0.5, 0.6) is 0 Å². The minimum atomic E-state index is -0.509. The van der Waals surface area contributed by atoms with Crippen LogP contribution in [-0.4, -0.2) is 45.6 Å². The van der Waals surface area contributed by atoms with Crippen molar-refractivity contribution in [3.63, 3.8) is 0 Å². The van der Waals surface area contributed by atoms with Crippen LogP contribution in [0.1, 0.15) is 30.0 Å². The number of aliphatic hydroxyl groups excluding tert-OH is 1. The molecule has 130 valence electrons. The summed E-state index contributed by atoms with van der Waals surface area (Å²) in [7, 11) is 1.93. The van der Waals surface area contributed by atoms with Gasteiger partial charge in [0.2, 0.25) is 0 Å². The van der Waals surface area contributed by atoms with Crippen molar-refractivity contribution in [1.29, 1.82) is 0 Å². The predicted molar refractivity (Wildman–Crippen MR) is 93.9 cm³/mol. The monoisotopic (exact) mass is 349 g/mol. The molecule has 2 atom stereocenters. The zero-order chi connectivity index (χ0) is 16.9. The van der Waals surface area contributed by atoms with Gasteiger partial charge in [-0.3, -0.25) is 9.58 Å². The Morgan fingerprint density at radius 2 is 2.25 bits per heavy atom. The molecular weight excluding hydrogens is 326 g/mol. The molecule has 0 aliphatic carbocycles. The molecule has 1 N–H and O–H groups in total. The molecule has 1 aliphatic heterocycles. The van der Waals surface area contributed by atoms with E-state index in [1.54, 1.807) is 0 Å². The van der Waals surface area contributed by atoms with E-state index in [1.807, 2.05) is 42.2 Å². The summed E-state index contributed by atoms with van der Waals surface area (Å²) in [6.45, 7) is 2.34. The highest BCUT2D eigenvalue weighted by atomic mass is 35.5. The number of rotatable bonds is 7. The Hall–Kier alpha value is -1.40. The highest BCUT2D eigenvalue weighted by Crippen LogP contribution is 2.31. The van der Waals surface area contributed by atoms with Crippen molar-refractivity contribution < 1.29 is 9.84 Å². The maximum atomic E-state index is 10.3. The zero-order valence-electron chi connectivity index (χ0n) is 13.9. The quantitative estimate of drug-likeness (QED) is 0.835. The second-order valence-electron chi connectivity index (χ2n) is 6.36. The molecule has 0 spiro atoms. The Bertz CT molecular complexity index is 661. The Balaban J connectivity index is 1.47. The SMILES string of the molecule is Cn1cc([C@@H]2CCCN2C[C@H](O)COCc2ccccc2Cl)cn1. The summed E-state index contributed by atoms with van der Waals surface area (Å²) < 4.78 is 7.47. The van der Waals surface area contributed by atoms with E-state index in [9.17, 15) is 5.11 Å². The van der Waals surface area contributed by atoms with Crippen LogP contribution in [0.3, 0.4) is 0 Å². The minimum Gasteiger partial charge on any atom is -0.389 e. The Morgan fingerprint density at radius 3 is 3.00 bits per heavy atom. The molecule has 2 heterocycles. The highest BCUT2D eigenvalue weighted by molar-refractivity contribution is 6.31. The standard InChI is InChI=1S/C18H24ClN3O2/c1-21-10-15(9-20-21)18-7-4-8-22(18)11-16(23)13-24-12-14-5-2-3-6-17(14)19/h2-3,5-6,9-10,16,18,23H,4,7-8,11-13H2,1H3/t16-,18-/m0/s1. The largest absolute Gasteiger partial charge is 0.389 e. The zero-order valence-corrected chi connectivity index (χ0v) is 14.7. The molecule has 24 heavy (non-hydrogen) atoms. The van der Waals surface area contributed by atoms with Crippen LogP contribution in [0.2, 0.25) is 5.02 Å². The summed E-state index contributed by atoms with van der Waals surface area (Å²) in [5, 5.41) is 15.3. The molecule has 1 aromatic carbocycles. The number of halogens is 1. The lowest BCUT2D eigenvalue weighted by Gasteiger charge is -2.26.